The van der Waals surface area contributed by atoms with E-state index in [0.29, 0.717) is 0 Å². The Kier molecular flexibility index (Phi) is 17.8. The Morgan fingerprint density at radius 2 is 1.12 bits per heavy atom. The minimum absolute atomic E-state index is 0. The van der Waals surface area contributed by atoms with Crippen LogP contribution in [-0.4, -0.2) is 52.4 Å². The van der Waals surface area contributed by atoms with Crippen LogP contribution in [0.1, 0.15) is 0 Å². The van der Waals surface area contributed by atoms with Crippen molar-refractivity contribution >= 4 is 45.6 Å². The molecule has 0 aromatic rings. The molecule has 0 saturated carbocycles. The third-order valence-corrected chi connectivity index (χ3v) is 0. The van der Waals surface area contributed by atoms with E-state index in [2.05, 4.69) is 0 Å². The fourth-order valence-corrected chi connectivity index (χ4v) is 0. The van der Waals surface area contributed by atoms with E-state index in [-0.39, 0.29) is 37.7 Å². The number of hydrogen-bond acceptors (Lipinski definition) is 2. The molecular formula is H5CaFeO5P. The molecule has 50 valence electrons. The Morgan fingerprint density at radius 1 is 1.12 bits per heavy atom. The molecule has 0 aromatic carbocycles. The molecule has 0 radical (unpaired) electrons. The van der Waals surface area contributed by atoms with Gasteiger partial charge in [-0.15, -0.1) is 0 Å². The molecule has 0 aliphatic heterocycles. The topological polar surface area (TPSA) is 94.8 Å². The molecule has 0 saturated heterocycles. The summed E-state index contributed by atoms with van der Waals surface area (Å²) in [7, 11) is -4.64. The molecule has 0 rings (SSSR count). The van der Waals surface area contributed by atoms with Gasteiger partial charge in [0.25, 0.3) is 0 Å². The van der Waals surface area contributed by atoms with Crippen LogP contribution in [0.15, 0.2) is 0 Å². The van der Waals surface area contributed by atoms with Gasteiger partial charge in [0.1, 0.15) is 0 Å². The fourth-order valence-electron chi connectivity index (χ4n) is 0. The maximum atomic E-state index is 8.88. The number of rotatable bonds is 0. The zero-order valence-corrected chi connectivity index (χ0v) is 4.96. The standard InChI is InChI=1S/Ca.Fe.H3O4P.O.2H/c;;1-5(2,3)4;;;/h;;(H3,1,2,3,4);;;. The van der Waals surface area contributed by atoms with Crippen LogP contribution in [0.3, 0.4) is 0 Å². The summed E-state index contributed by atoms with van der Waals surface area (Å²) in [6, 6.07) is 0. The second kappa shape index (κ2) is 8.69. The molecule has 0 bridgehead atoms. The first kappa shape index (κ1) is 16.3. The van der Waals surface area contributed by atoms with Gasteiger partial charge >= 0.3 is 65.3 Å². The van der Waals surface area contributed by atoms with Gasteiger partial charge in [0.2, 0.25) is 0 Å². The van der Waals surface area contributed by atoms with Crippen LogP contribution in [0.2, 0.25) is 0 Å². The Hall–Kier alpha value is 1.69. The van der Waals surface area contributed by atoms with Gasteiger partial charge in [-0.3, -0.25) is 0 Å². The van der Waals surface area contributed by atoms with Gasteiger partial charge in [-0.25, -0.2) is 4.57 Å². The third kappa shape index (κ3) is 121. The van der Waals surface area contributed by atoms with Crippen molar-refractivity contribution in [3.8, 4) is 0 Å². The average molecular weight is 212 g/mol. The Labute approximate surface area is 83.7 Å². The molecule has 0 aliphatic carbocycles. The molecule has 8 heteroatoms. The summed E-state index contributed by atoms with van der Waals surface area (Å²) in [5, 5.41) is 0. The molecule has 0 atom stereocenters. The van der Waals surface area contributed by atoms with E-state index in [1.807, 2.05) is 15.9 Å². The van der Waals surface area contributed by atoms with Gasteiger partial charge in [-0.2, -0.15) is 0 Å². The van der Waals surface area contributed by atoms with Crippen molar-refractivity contribution in [2.45, 2.75) is 0 Å². The summed E-state index contributed by atoms with van der Waals surface area (Å²) < 4.78 is 16.9. The van der Waals surface area contributed by atoms with Gasteiger partial charge < -0.3 is 14.7 Å². The first-order valence-electron chi connectivity index (χ1n) is 0.927. The summed E-state index contributed by atoms with van der Waals surface area (Å²) in [4.78, 5) is 21.6. The van der Waals surface area contributed by atoms with Crippen LogP contribution >= 0.6 is 7.82 Å². The van der Waals surface area contributed by atoms with Gasteiger partial charge in [-0.1, -0.05) is 0 Å². The van der Waals surface area contributed by atoms with Gasteiger partial charge in [0.15, 0.2) is 0 Å². The van der Waals surface area contributed by atoms with Crippen LogP contribution in [0.4, 0.5) is 0 Å². The van der Waals surface area contributed by atoms with Crippen LogP contribution < -0.4 is 0 Å². The molecule has 0 aliphatic rings. The van der Waals surface area contributed by atoms with Crippen molar-refractivity contribution in [2.24, 2.45) is 0 Å². The Morgan fingerprint density at radius 3 is 1.12 bits per heavy atom. The van der Waals surface area contributed by atoms with Crippen LogP contribution in [0.25, 0.3) is 0 Å². The molecular weight excluding hydrogens is 207 g/mol. The van der Waals surface area contributed by atoms with E-state index in [1.54, 1.807) is 0 Å². The summed E-state index contributed by atoms with van der Waals surface area (Å²) >= 11 is 2.00. The average Bonchev–Trinajstić information content (AvgIpc) is 1.36. The van der Waals surface area contributed by atoms with E-state index in [9.17, 15) is 0 Å². The van der Waals surface area contributed by atoms with Crippen molar-refractivity contribution in [1.82, 2.24) is 0 Å². The van der Waals surface area contributed by atoms with Crippen molar-refractivity contribution in [2.75, 3.05) is 0 Å². The summed E-state index contributed by atoms with van der Waals surface area (Å²) in [6.07, 6.45) is 0. The van der Waals surface area contributed by atoms with E-state index in [4.69, 9.17) is 23.1 Å². The molecule has 5 nitrogen and oxygen atoms in total. The molecule has 0 fully saturated rings. The molecule has 0 amide bonds. The van der Waals surface area contributed by atoms with Crippen molar-refractivity contribution in [1.29, 1.82) is 0 Å². The number of phosphoric acid groups is 1. The summed E-state index contributed by atoms with van der Waals surface area (Å²) in [6.45, 7) is 0. The van der Waals surface area contributed by atoms with Gasteiger partial charge in [0.05, 0.1) is 0 Å². The van der Waals surface area contributed by atoms with E-state index >= 15 is 0 Å². The third-order valence-electron chi connectivity index (χ3n) is 0. The minimum atomic E-state index is -4.64. The predicted molar refractivity (Wildman–Crippen MR) is 23.5 cm³/mol. The van der Waals surface area contributed by atoms with E-state index in [1.165, 1.54) is 0 Å². The summed E-state index contributed by atoms with van der Waals surface area (Å²) in [5.74, 6) is 0. The zero-order valence-electron chi connectivity index (χ0n) is 2.96. The monoisotopic (exact) mass is 212 g/mol. The molecule has 3 N–H and O–H groups in total. The van der Waals surface area contributed by atoms with Gasteiger partial charge in [0, 0.05) is 0 Å². The maximum absolute atomic E-state index is 8.88. The van der Waals surface area contributed by atoms with Crippen molar-refractivity contribution in [3.63, 3.8) is 0 Å². The predicted octanol–water partition coefficient (Wildman–Crippen LogP) is -1.97. The van der Waals surface area contributed by atoms with Crippen LogP contribution in [0, 0.1) is 0 Å². The van der Waals surface area contributed by atoms with Crippen molar-refractivity contribution < 1.29 is 39.0 Å². The van der Waals surface area contributed by atoms with Crippen molar-refractivity contribution in [3.05, 3.63) is 0 Å². The second-order valence-corrected chi connectivity index (χ2v) is 1.54. The molecule has 0 aromatic heterocycles. The SMILES string of the molecule is O=P(O)(O)O.[CaH2].[O]=[Fe]. The van der Waals surface area contributed by atoms with E-state index < -0.39 is 7.82 Å². The van der Waals surface area contributed by atoms with Crippen LogP contribution in [-0.2, 0) is 24.3 Å². The quantitative estimate of drug-likeness (QED) is 0.320. The van der Waals surface area contributed by atoms with E-state index in [0.717, 1.165) is 0 Å². The molecule has 0 spiro atoms. The Bertz CT molecular complexity index is 68.2. The van der Waals surface area contributed by atoms with Crippen LogP contribution in [0.5, 0.6) is 0 Å². The first-order chi connectivity index (χ1) is 3.00. The molecule has 0 unspecified atom stereocenters. The Balaban J connectivity index is -0.0000000750. The first-order valence-corrected chi connectivity index (χ1v) is 2.94. The normalized spacial score (nSPS) is 8.00. The summed E-state index contributed by atoms with van der Waals surface area (Å²) in [5.41, 5.74) is 0. The molecule has 0 heterocycles. The second-order valence-electron chi connectivity index (χ2n) is 0.513. The fraction of sp³-hybridized carbons (Fsp3) is 0. The zero-order chi connectivity index (χ0) is 6.50. The van der Waals surface area contributed by atoms with Gasteiger partial charge in [-0.05, 0) is 0 Å². The molecule has 8 heavy (non-hydrogen) atoms. The number of hydrogen-bond donors (Lipinski definition) is 3.